The van der Waals surface area contributed by atoms with E-state index >= 15 is 0 Å². The van der Waals surface area contributed by atoms with Crippen molar-refractivity contribution in [3.05, 3.63) is 71.4 Å². The molecule has 1 amide bonds. The summed E-state index contributed by atoms with van der Waals surface area (Å²) in [5, 5.41) is 15.0. The number of carboxylic acids is 1. The van der Waals surface area contributed by atoms with Crippen molar-refractivity contribution in [3.63, 3.8) is 0 Å². The Hall–Kier alpha value is -3.94. The number of nitrogens with one attached hydrogen (secondary N) is 2. The van der Waals surface area contributed by atoms with Gasteiger partial charge in [-0.05, 0) is 42.3 Å². The lowest BCUT2D eigenvalue weighted by Crippen LogP contribution is -2.15. The Labute approximate surface area is 161 Å². The van der Waals surface area contributed by atoms with Crippen LogP contribution in [0.1, 0.15) is 21.5 Å². The van der Waals surface area contributed by atoms with Gasteiger partial charge in [0.15, 0.2) is 0 Å². The number of nitrogens with zero attached hydrogens (tertiary/aromatic N) is 2. The van der Waals surface area contributed by atoms with E-state index in [9.17, 15) is 9.59 Å². The molecule has 0 saturated heterocycles. The van der Waals surface area contributed by atoms with Crippen LogP contribution in [0.2, 0.25) is 0 Å². The number of aryl methyl sites for hydroxylation is 1. The second kappa shape index (κ2) is 8.17. The number of benzene rings is 2. The number of aromatic nitrogens is 2. The molecule has 1 heterocycles. The monoisotopic (exact) mass is 377 g/mol. The van der Waals surface area contributed by atoms with Crippen molar-refractivity contribution in [2.75, 3.05) is 10.6 Å². The number of carbonyl (C=O) groups is 2. The van der Waals surface area contributed by atoms with E-state index in [4.69, 9.17) is 10.8 Å². The van der Waals surface area contributed by atoms with E-state index in [1.807, 2.05) is 31.2 Å². The zero-order valence-electron chi connectivity index (χ0n) is 15.1. The van der Waals surface area contributed by atoms with Crippen molar-refractivity contribution in [3.8, 4) is 0 Å². The summed E-state index contributed by atoms with van der Waals surface area (Å²) in [6.07, 6.45) is 1.31. The van der Waals surface area contributed by atoms with Crippen molar-refractivity contribution in [1.82, 2.24) is 9.97 Å². The number of anilines is 4. The molecule has 3 rings (SSSR count). The van der Waals surface area contributed by atoms with Gasteiger partial charge in [-0.15, -0.1) is 0 Å². The highest BCUT2D eigenvalue weighted by atomic mass is 16.4. The largest absolute Gasteiger partial charge is 0.481 e. The molecule has 0 fully saturated rings. The second-order valence-electron chi connectivity index (χ2n) is 6.21. The van der Waals surface area contributed by atoms with Gasteiger partial charge in [0.05, 0.1) is 6.42 Å². The molecule has 0 aliphatic heterocycles. The molecule has 28 heavy (non-hydrogen) atoms. The Morgan fingerprint density at radius 3 is 2.46 bits per heavy atom. The molecule has 0 aliphatic carbocycles. The van der Waals surface area contributed by atoms with Gasteiger partial charge in [-0.1, -0.05) is 24.3 Å². The molecule has 5 N–H and O–H groups in total. The molecule has 1 aromatic heterocycles. The molecule has 2 aromatic carbocycles. The van der Waals surface area contributed by atoms with Gasteiger partial charge in [0, 0.05) is 17.6 Å². The third kappa shape index (κ3) is 4.82. The van der Waals surface area contributed by atoms with Crippen LogP contribution in [-0.4, -0.2) is 27.0 Å². The normalized spacial score (nSPS) is 10.3. The third-order valence-corrected chi connectivity index (χ3v) is 3.90. The maximum Gasteiger partial charge on any atom is 0.307 e. The van der Waals surface area contributed by atoms with Crippen LogP contribution in [0.25, 0.3) is 0 Å². The van der Waals surface area contributed by atoms with E-state index in [0.29, 0.717) is 11.3 Å². The van der Waals surface area contributed by atoms with Gasteiger partial charge in [-0.2, -0.15) is 4.98 Å². The summed E-state index contributed by atoms with van der Waals surface area (Å²) in [5.74, 6) is -0.970. The first-order chi connectivity index (χ1) is 13.4. The van der Waals surface area contributed by atoms with Gasteiger partial charge in [0.25, 0.3) is 5.91 Å². The summed E-state index contributed by atoms with van der Waals surface area (Å²) in [7, 11) is 0. The molecular formula is C20H19N5O3. The number of hydrogen-bond acceptors (Lipinski definition) is 6. The Balaban J connectivity index is 1.84. The van der Waals surface area contributed by atoms with Crippen LogP contribution in [0.15, 0.2) is 54.7 Å². The summed E-state index contributed by atoms with van der Waals surface area (Å²) in [6.45, 7) is 1.96. The molecule has 3 aromatic rings. The summed E-state index contributed by atoms with van der Waals surface area (Å²) in [5.41, 5.74) is 8.79. The van der Waals surface area contributed by atoms with E-state index in [0.717, 1.165) is 11.3 Å². The van der Waals surface area contributed by atoms with Crippen molar-refractivity contribution in [2.24, 2.45) is 5.73 Å². The van der Waals surface area contributed by atoms with E-state index in [1.54, 1.807) is 24.3 Å². The molecule has 8 heteroatoms. The molecule has 0 spiro atoms. The number of rotatable bonds is 7. The number of amides is 1. The first-order valence-electron chi connectivity index (χ1n) is 8.49. The fraction of sp³-hybridized carbons (Fsp3) is 0.100. The zero-order valence-corrected chi connectivity index (χ0v) is 15.1. The van der Waals surface area contributed by atoms with Crippen molar-refractivity contribution in [2.45, 2.75) is 13.3 Å². The Morgan fingerprint density at radius 1 is 1.07 bits per heavy atom. The van der Waals surface area contributed by atoms with Crippen molar-refractivity contribution >= 4 is 35.0 Å². The van der Waals surface area contributed by atoms with Gasteiger partial charge in [0.1, 0.15) is 11.4 Å². The Morgan fingerprint density at radius 2 is 1.82 bits per heavy atom. The summed E-state index contributed by atoms with van der Waals surface area (Å²) in [4.78, 5) is 31.0. The maximum absolute atomic E-state index is 11.7. The van der Waals surface area contributed by atoms with Gasteiger partial charge >= 0.3 is 5.97 Å². The molecule has 0 atom stereocenters. The van der Waals surface area contributed by atoms with Crippen LogP contribution < -0.4 is 16.4 Å². The molecule has 0 saturated carbocycles. The van der Waals surface area contributed by atoms with Gasteiger partial charge in [0.2, 0.25) is 5.95 Å². The van der Waals surface area contributed by atoms with Crippen LogP contribution in [0.4, 0.5) is 23.1 Å². The SMILES string of the molecule is Cc1cccc(Nc2nc(Nc3ccc(CC(=O)O)cc3)ncc2C(N)=O)c1. The van der Waals surface area contributed by atoms with Crippen LogP contribution >= 0.6 is 0 Å². The molecule has 142 valence electrons. The van der Waals surface area contributed by atoms with Crippen molar-refractivity contribution in [1.29, 1.82) is 0 Å². The van der Waals surface area contributed by atoms with E-state index in [2.05, 4.69) is 20.6 Å². The number of carbonyl (C=O) groups excluding carboxylic acids is 1. The van der Waals surface area contributed by atoms with Gasteiger partial charge < -0.3 is 21.5 Å². The fourth-order valence-corrected chi connectivity index (χ4v) is 2.59. The van der Waals surface area contributed by atoms with E-state index < -0.39 is 11.9 Å². The van der Waals surface area contributed by atoms with Gasteiger partial charge in [-0.3, -0.25) is 9.59 Å². The number of primary amides is 1. The number of nitrogens with two attached hydrogens (primary N) is 1. The second-order valence-corrected chi connectivity index (χ2v) is 6.21. The van der Waals surface area contributed by atoms with Crippen LogP contribution in [0, 0.1) is 6.92 Å². The lowest BCUT2D eigenvalue weighted by Gasteiger charge is -2.12. The van der Waals surface area contributed by atoms with E-state index in [-0.39, 0.29) is 23.8 Å². The lowest BCUT2D eigenvalue weighted by molar-refractivity contribution is -0.136. The maximum atomic E-state index is 11.7. The number of carboxylic acid groups (broad SMARTS) is 1. The minimum Gasteiger partial charge on any atom is -0.481 e. The Bertz CT molecular complexity index is 1020. The third-order valence-electron chi connectivity index (χ3n) is 3.90. The van der Waals surface area contributed by atoms with Crippen LogP contribution in [0.3, 0.4) is 0 Å². The number of hydrogen-bond donors (Lipinski definition) is 4. The highest BCUT2D eigenvalue weighted by Crippen LogP contribution is 2.22. The smallest absolute Gasteiger partial charge is 0.307 e. The predicted molar refractivity (Wildman–Crippen MR) is 106 cm³/mol. The summed E-state index contributed by atoms with van der Waals surface area (Å²) in [6, 6.07) is 14.5. The summed E-state index contributed by atoms with van der Waals surface area (Å²) < 4.78 is 0. The standard InChI is InChI=1S/C20H19N5O3/c1-12-3-2-4-15(9-12)23-19-16(18(21)28)11-22-20(25-19)24-14-7-5-13(6-8-14)10-17(26)27/h2-9,11H,10H2,1H3,(H2,21,28)(H,26,27)(H2,22,23,24,25). The quantitative estimate of drug-likeness (QED) is 0.498. The number of aliphatic carboxylic acids is 1. The van der Waals surface area contributed by atoms with Crippen LogP contribution in [0.5, 0.6) is 0 Å². The minimum atomic E-state index is -0.891. The summed E-state index contributed by atoms with van der Waals surface area (Å²) >= 11 is 0. The molecule has 0 aliphatic rings. The minimum absolute atomic E-state index is 0.0470. The fourth-order valence-electron chi connectivity index (χ4n) is 2.59. The Kier molecular flexibility index (Phi) is 5.50. The molecular weight excluding hydrogens is 358 g/mol. The molecule has 0 unspecified atom stereocenters. The average Bonchev–Trinajstić information content (AvgIpc) is 2.63. The molecule has 0 bridgehead atoms. The van der Waals surface area contributed by atoms with Gasteiger partial charge in [-0.25, -0.2) is 4.98 Å². The molecule has 0 radical (unpaired) electrons. The predicted octanol–water partition coefficient (Wildman–Crippen LogP) is 3.00. The topological polar surface area (TPSA) is 130 Å². The first kappa shape index (κ1) is 18.8. The van der Waals surface area contributed by atoms with Crippen LogP contribution in [-0.2, 0) is 11.2 Å². The van der Waals surface area contributed by atoms with Crippen molar-refractivity contribution < 1.29 is 14.7 Å². The highest BCUT2D eigenvalue weighted by Gasteiger charge is 2.13. The molecule has 8 nitrogen and oxygen atoms in total. The highest BCUT2D eigenvalue weighted by molar-refractivity contribution is 5.98. The van der Waals surface area contributed by atoms with E-state index in [1.165, 1.54) is 6.20 Å². The first-order valence-corrected chi connectivity index (χ1v) is 8.49. The average molecular weight is 377 g/mol. The lowest BCUT2D eigenvalue weighted by atomic mass is 10.1. The zero-order chi connectivity index (χ0) is 20.1.